The van der Waals surface area contributed by atoms with Crippen molar-refractivity contribution in [1.82, 2.24) is 4.57 Å². The van der Waals surface area contributed by atoms with Crippen LogP contribution in [0.2, 0.25) is 0 Å². The number of fused-ring (bicyclic) bond motifs is 6. The van der Waals surface area contributed by atoms with Gasteiger partial charge in [0.25, 0.3) is 0 Å². The van der Waals surface area contributed by atoms with Crippen LogP contribution in [0, 0.1) is 0 Å². The predicted molar refractivity (Wildman–Crippen MR) is 221 cm³/mol. The van der Waals surface area contributed by atoms with Gasteiger partial charge in [-0.3, -0.25) is 0 Å². The standard InChI is InChI=1S/C50H34N2/c1-4-14-35(15-5-1)36-24-27-40(28-25-36)51(47-33-31-42(37-16-6-2-7-17-37)44-22-12-13-23-45(44)47)41-29-30-46-49(34-41)52(39-19-8-3-9-20-39)48-32-26-38-18-10-11-21-43(38)50(46)48/h1-34H. The van der Waals surface area contributed by atoms with E-state index in [2.05, 4.69) is 216 Å². The second-order valence-corrected chi connectivity index (χ2v) is 13.3. The van der Waals surface area contributed by atoms with Gasteiger partial charge in [0.15, 0.2) is 0 Å². The van der Waals surface area contributed by atoms with E-state index in [0.717, 1.165) is 22.7 Å². The topological polar surface area (TPSA) is 8.17 Å². The van der Waals surface area contributed by atoms with Crippen molar-refractivity contribution < 1.29 is 0 Å². The number of rotatable bonds is 6. The highest BCUT2D eigenvalue weighted by Gasteiger charge is 2.21. The Balaban J connectivity index is 1.25. The number of para-hydroxylation sites is 1. The molecule has 0 spiro atoms. The number of hydrogen-bond donors (Lipinski definition) is 0. The Morgan fingerprint density at radius 1 is 0.346 bits per heavy atom. The van der Waals surface area contributed by atoms with Crippen LogP contribution in [0.1, 0.15) is 0 Å². The van der Waals surface area contributed by atoms with Crippen molar-refractivity contribution in [3.8, 4) is 27.9 Å². The Labute approximate surface area is 303 Å². The molecule has 2 heteroatoms. The first-order valence-corrected chi connectivity index (χ1v) is 17.9. The third kappa shape index (κ3) is 4.96. The van der Waals surface area contributed by atoms with Gasteiger partial charge in [-0.25, -0.2) is 0 Å². The van der Waals surface area contributed by atoms with Crippen LogP contribution in [-0.2, 0) is 0 Å². The second kappa shape index (κ2) is 12.5. The van der Waals surface area contributed by atoms with E-state index in [4.69, 9.17) is 0 Å². The predicted octanol–water partition coefficient (Wildman–Crippen LogP) is 13.9. The van der Waals surface area contributed by atoms with Crippen LogP contribution in [-0.4, -0.2) is 4.57 Å². The van der Waals surface area contributed by atoms with Crippen LogP contribution < -0.4 is 4.90 Å². The minimum absolute atomic E-state index is 1.10. The Morgan fingerprint density at radius 3 is 1.69 bits per heavy atom. The summed E-state index contributed by atoms with van der Waals surface area (Å²) in [6, 6.07) is 74.7. The summed E-state index contributed by atoms with van der Waals surface area (Å²) in [5, 5.41) is 7.45. The zero-order valence-electron chi connectivity index (χ0n) is 28.5. The summed E-state index contributed by atoms with van der Waals surface area (Å²) < 4.78 is 2.42. The van der Waals surface area contributed by atoms with Crippen LogP contribution in [0.5, 0.6) is 0 Å². The minimum Gasteiger partial charge on any atom is -0.310 e. The van der Waals surface area contributed by atoms with E-state index >= 15 is 0 Å². The van der Waals surface area contributed by atoms with Crippen molar-refractivity contribution in [2.24, 2.45) is 0 Å². The SMILES string of the molecule is c1ccc(-c2ccc(N(c3ccc4c5c6ccccc6ccc5n(-c5ccccc5)c4c3)c3ccc(-c4ccccc4)c4ccccc34)cc2)cc1. The van der Waals surface area contributed by atoms with Gasteiger partial charge in [-0.15, -0.1) is 0 Å². The molecule has 2 nitrogen and oxygen atoms in total. The van der Waals surface area contributed by atoms with Crippen molar-refractivity contribution in [3.63, 3.8) is 0 Å². The summed E-state index contributed by atoms with van der Waals surface area (Å²) >= 11 is 0. The van der Waals surface area contributed by atoms with E-state index < -0.39 is 0 Å². The maximum absolute atomic E-state index is 2.43. The van der Waals surface area contributed by atoms with Gasteiger partial charge >= 0.3 is 0 Å². The molecule has 0 bridgehead atoms. The molecule has 0 fully saturated rings. The maximum Gasteiger partial charge on any atom is 0.0562 e. The molecule has 10 rings (SSSR count). The summed E-state index contributed by atoms with van der Waals surface area (Å²) in [5.41, 5.74) is 11.7. The molecule has 0 radical (unpaired) electrons. The molecule has 0 aliphatic carbocycles. The number of anilines is 3. The molecule has 9 aromatic carbocycles. The highest BCUT2D eigenvalue weighted by atomic mass is 15.1. The summed E-state index contributed by atoms with van der Waals surface area (Å²) in [5.74, 6) is 0. The molecule has 0 amide bonds. The third-order valence-electron chi connectivity index (χ3n) is 10.4. The van der Waals surface area contributed by atoms with Gasteiger partial charge in [0.1, 0.15) is 0 Å². The molecular weight excluding hydrogens is 629 g/mol. The molecule has 0 saturated heterocycles. The molecule has 0 saturated carbocycles. The van der Waals surface area contributed by atoms with Crippen molar-refractivity contribution in [1.29, 1.82) is 0 Å². The number of aromatic nitrogens is 1. The van der Waals surface area contributed by atoms with Crippen molar-refractivity contribution >= 4 is 60.4 Å². The molecule has 0 N–H and O–H groups in total. The Hall–Kier alpha value is -6.90. The first-order valence-electron chi connectivity index (χ1n) is 17.9. The summed E-state index contributed by atoms with van der Waals surface area (Å²) in [7, 11) is 0. The van der Waals surface area contributed by atoms with Gasteiger partial charge in [0.2, 0.25) is 0 Å². The summed E-state index contributed by atoms with van der Waals surface area (Å²) in [6.07, 6.45) is 0. The smallest absolute Gasteiger partial charge is 0.0562 e. The molecule has 0 aliphatic heterocycles. The van der Waals surface area contributed by atoms with Crippen molar-refractivity contribution in [3.05, 3.63) is 206 Å². The normalized spacial score (nSPS) is 11.5. The van der Waals surface area contributed by atoms with Gasteiger partial charge in [-0.1, -0.05) is 158 Å². The molecule has 0 unspecified atom stereocenters. The summed E-state index contributed by atoms with van der Waals surface area (Å²) in [4.78, 5) is 2.43. The van der Waals surface area contributed by atoms with Crippen molar-refractivity contribution in [2.45, 2.75) is 0 Å². The number of benzene rings is 9. The fourth-order valence-electron chi connectivity index (χ4n) is 7.98. The molecule has 0 aliphatic rings. The van der Waals surface area contributed by atoms with Gasteiger partial charge < -0.3 is 9.47 Å². The van der Waals surface area contributed by atoms with Crippen LogP contribution in [0.4, 0.5) is 17.1 Å². The van der Waals surface area contributed by atoms with Crippen LogP contribution in [0.3, 0.4) is 0 Å². The zero-order chi connectivity index (χ0) is 34.4. The van der Waals surface area contributed by atoms with Gasteiger partial charge in [0, 0.05) is 33.2 Å². The fraction of sp³-hybridized carbons (Fsp3) is 0. The number of hydrogen-bond acceptors (Lipinski definition) is 1. The molecular formula is C50H34N2. The van der Waals surface area contributed by atoms with Gasteiger partial charge in [0.05, 0.1) is 16.7 Å². The number of nitrogens with zero attached hydrogens (tertiary/aromatic N) is 2. The molecule has 52 heavy (non-hydrogen) atoms. The molecule has 244 valence electrons. The second-order valence-electron chi connectivity index (χ2n) is 13.3. The monoisotopic (exact) mass is 662 g/mol. The lowest BCUT2D eigenvalue weighted by Gasteiger charge is -2.28. The van der Waals surface area contributed by atoms with E-state index in [-0.39, 0.29) is 0 Å². The highest BCUT2D eigenvalue weighted by Crippen LogP contribution is 2.45. The Kier molecular flexibility index (Phi) is 7.18. The average molecular weight is 663 g/mol. The van der Waals surface area contributed by atoms with Gasteiger partial charge in [-0.05, 0) is 86.9 Å². The van der Waals surface area contributed by atoms with E-state index in [1.165, 1.54) is 65.6 Å². The lowest BCUT2D eigenvalue weighted by atomic mass is 9.96. The van der Waals surface area contributed by atoms with Gasteiger partial charge in [-0.2, -0.15) is 0 Å². The molecule has 1 aromatic heterocycles. The Bertz CT molecular complexity index is 2870. The molecule has 0 atom stereocenters. The fourth-order valence-corrected chi connectivity index (χ4v) is 7.98. The maximum atomic E-state index is 2.43. The first kappa shape index (κ1) is 30.0. The Morgan fingerprint density at radius 2 is 0.942 bits per heavy atom. The van der Waals surface area contributed by atoms with Crippen LogP contribution >= 0.6 is 0 Å². The van der Waals surface area contributed by atoms with Crippen molar-refractivity contribution in [2.75, 3.05) is 4.90 Å². The molecule has 10 aromatic rings. The largest absolute Gasteiger partial charge is 0.310 e. The summed E-state index contributed by atoms with van der Waals surface area (Å²) in [6.45, 7) is 0. The lowest BCUT2D eigenvalue weighted by molar-refractivity contribution is 1.18. The van der Waals surface area contributed by atoms with E-state index in [9.17, 15) is 0 Å². The average Bonchev–Trinajstić information content (AvgIpc) is 3.56. The minimum atomic E-state index is 1.10. The first-order chi connectivity index (χ1) is 25.8. The molecule has 1 heterocycles. The quantitative estimate of drug-likeness (QED) is 0.172. The van der Waals surface area contributed by atoms with E-state index in [1.54, 1.807) is 0 Å². The highest BCUT2D eigenvalue weighted by molar-refractivity contribution is 6.22. The van der Waals surface area contributed by atoms with E-state index in [1.807, 2.05) is 0 Å². The lowest BCUT2D eigenvalue weighted by Crippen LogP contribution is -2.11. The van der Waals surface area contributed by atoms with E-state index in [0.29, 0.717) is 0 Å². The third-order valence-corrected chi connectivity index (χ3v) is 10.4. The van der Waals surface area contributed by atoms with Crippen LogP contribution in [0.25, 0.3) is 71.3 Å². The zero-order valence-corrected chi connectivity index (χ0v) is 28.5. The van der Waals surface area contributed by atoms with Crippen LogP contribution in [0.15, 0.2) is 206 Å².